The van der Waals surface area contributed by atoms with Crippen LogP contribution >= 0.6 is 0 Å². The van der Waals surface area contributed by atoms with Crippen LogP contribution in [-0.4, -0.2) is 72.8 Å². The molecule has 10 heteroatoms. The number of carbonyl (C=O) groups excluding carboxylic acids is 1. The van der Waals surface area contributed by atoms with Gasteiger partial charge in [-0.3, -0.25) is 19.8 Å². The third-order valence-corrected chi connectivity index (χ3v) is 4.41. The lowest BCUT2D eigenvalue weighted by Gasteiger charge is -2.31. The number of nitro benzene ring substituents is 1. The number of ether oxygens (including phenoxy) is 2. The highest BCUT2D eigenvalue weighted by atomic mass is 16.6. The number of hydrogen-bond donors (Lipinski definition) is 1. The number of fused-ring (bicyclic) bond motifs is 1. The van der Waals surface area contributed by atoms with Gasteiger partial charge in [0.05, 0.1) is 29.9 Å². The standard InChI is InChI=1S/C16H19N3O7/c20-15-10-26-14-9-12(19(23)24)11(16(21)22)8-13(14)18(15)3-1-2-17-4-6-25-7-5-17/h8-9H,1-7,10H2,(H,21,22). The number of nitrogens with zero attached hydrogens (tertiary/aromatic N) is 3. The summed E-state index contributed by atoms with van der Waals surface area (Å²) < 4.78 is 10.6. The molecule has 2 heterocycles. The van der Waals surface area contributed by atoms with Gasteiger partial charge in [0.2, 0.25) is 0 Å². The first-order valence-corrected chi connectivity index (χ1v) is 8.26. The normalized spacial score (nSPS) is 17.5. The van der Waals surface area contributed by atoms with Gasteiger partial charge < -0.3 is 19.5 Å². The van der Waals surface area contributed by atoms with Crippen LogP contribution in [0.4, 0.5) is 11.4 Å². The minimum absolute atomic E-state index is 0.146. The molecule has 26 heavy (non-hydrogen) atoms. The Morgan fingerprint density at radius 2 is 2.00 bits per heavy atom. The van der Waals surface area contributed by atoms with Crippen LogP contribution in [0.2, 0.25) is 0 Å². The van der Waals surface area contributed by atoms with Crippen molar-refractivity contribution in [3.05, 3.63) is 27.8 Å². The summed E-state index contributed by atoms with van der Waals surface area (Å²) in [6, 6.07) is 2.21. The Balaban J connectivity index is 1.79. The molecule has 0 atom stereocenters. The second kappa shape index (κ2) is 7.67. The largest absolute Gasteiger partial charge is 0.481 e. The van der Waals surface area contributed by atoms with E-state index < -0.39 is 22.1 Å². The van der Waals surface area contributed by atoms with E-state index in [0.717, 1.165) is 31.8 Å². The molecule has 0 saturated carbocycles. The monoisotopic (exact) mass is 365 g/mol. The second-order valence-corrected chi connectivity index (χ2v) is 6.04. The number of carbonyl (C=O) groups is 2. The van der Waals surface area contributed by atoms with Crippen LogP contribution in [0.3, 0.4) is 0 Å². The molecule has 0 unspecified atom stereocenters. The summed E-state index contributed by atoms with van der Waals surface area (Å²) in [5.74, 6) is -1.58. The van der Waals surface area contributed by atoms with Crippen LogP contribution in [0.25, 0.3) is 0 Å². The Morgan fingerprint density at radius 3 is 2.65 bits per heavy atom. The highest BCUT2D eigenvalue weighted by molar-refractivity contribution is 6.01. The zero-order chi connectivity index (χ0) is 18.7. The number of rotatable bonds is 6. The van der Waals surface area contributed by atoms with Crippen LogP contribution in [0, 0.1) is 10.1 Å². The second-order valence-electron chi connectivity index (χ2n) is 6.04. The number of aromatic carboxylic acids is 1. The van der Waals surface area contributed by atoms with Gasteiger partial charge in [-0.2, -0.15) is 0 Å². The molecule has 3 rings (SSSR count). The smallest absolute Gasteiger partial charge is 0.342 e. The SMILES string of the molecule is O=C(O)c1cc2c(cc1[N+](=O)[O-])OCC(=O)N2CCCN1CCOCC1. The van der Waals surface area contributed by atoms with Gasteiger partial charge in [0, 0.05) is 26.2 Å². The quantitative estimate of drug-likeness (QED) is 0.578. The molecule has 0 bridgehead atoms. The van der Waals surface area contributed by atoms with E-state index in [2.05, 4.69) is 4.90 Å². The van der Waals surface area contributed by atoms with Crippen LogP contribution in [0.1, 0.15) is 16.8 Å². The molecular formula is C16H19N3O7. The van der Waals surface area contributed by atoms with Gasteiger partial charge in [-0.1, -0.05) is 0 Å². The lowest BCUT2D eigenvalue weighted by Crippen LogP contribution is -2.42. The maximum atomic E-state index is 12.2. The van der Waals surface area contributed by atoms with Crippen molar-refractivity contribution < 1.29 is 29.1 Å². The fourth-order valence-electron chi connectivity index (χ4n) is 3.08. The number of carboxylic acids is 1. The summed E-state index contributed by atoms with van der Waals surface area (Å²) in [7, 11) is 0. The van der Waals surface area contributed by atoms with Crippen molar-refractivity contribution in [2.45, 2.75) is 6.42 Å². The number of benzene rings is 1. The minimum Gasteiger partial charge on any atom is -0.481 e. The van der Waals surface area contributed by atoms with Gasteiger partial charge in [0.1, 0.15) is 5.56 Å². The summed E-state index contributed by atoms with van der Waals surface area (Å²) in [6.45, 7) is 3.97. The lowest BCUT2D eigenvalue weighted by molar-refractivity contribution is -0.385. The Kier molecular flexibility index (Phi) is 5.33. The molecular weight excluding hydrogens is 346 g/mol. The van der Waals surface area contributed by atoms with E-state index >= 15 is 0 Å². The van der Waals surface area contributed by atoms with Gasteiger partial charge in [-0.05, 0) is 12.5 Å². The Bertz CT molecular complexity index is 731. The molecule has 1 aromatic carbocycles. The number of nitro groups is 1. The molecule has 1 aromatic rings. The van der Waals surface area contributed by atoms with Gasteiger partial charge >= 0.3 is 5.97 Å². The molecule has 1 fully saturated rings. The minimum atomic E-state index is -1.43. The third kappa shape index (κ3) is 3.75. The molecule has 0 radical (unpaired) electrons. The summed E-state index contributed by atoms with van der Waals surface area (Å²) in [6.07, 6.45) is 0.685. The number of amides is 1. The summed E-state index contributed by atoms with van der Waals surface area (Å²) >= 11 is 0. The van der Waals surface area contributed by atoms with Crippen molar-refractivity contribution in [1.82, 2.24) is 4.90 Å². The van der Waals surface area contributed by atoms with Gasteiger partial charge in [0.25, 0.3) is 11.6 Å². The zero-order valence-electron chi connectivity index (χ0n) is 14.0. The maximum Gasteiger partial charge on any atom is 0.342 e. The first-order valence-electron chi connectivity index (χ1n) is 8.26. The summed E-state index contributed by atoms with van der Waals surface area (Å²) in [5.41, 5.74) is -0.768. The van der Waals surface area contributed by atoms with E-state index in [9.17, 15) is 24.8 Å². The summed E-state index contributed by atoms with van der Waals surface area (Å²) in [5, 5.41) is 20.3. The molecule has 2 aliphatic heterocycles. The highest BCUT2D eigenvalue weighted by Gasteiger charge is 2.31. The predicted octanol–water partition coefficient (Wildman–Crippen LogP) is 0.741. The molecule has 10 nitrogen and oxygen atoms in total. The molecule has 2 aliphatic rings. The van der Waals surface area contributed by atoms with E-state index in [1.807, 2.05) is 0 Å². The van der Waals surface area contributed by atoms with Crippen LogP contribution < -0.4 is 9.64 Å². The van der Waals surface area contributed by atoms with Gasteiger partial charge in [0.15, 0.2) is 12.4 Å². The number of carboxylic acid groups (broad SMARTS) is 1. The van der Waals surface area contributed by atoms with Crippen molar-refractivity contribution in [2.24, 2.45) is 0 Å². The maximum absolute atomic E-state index is 12.2. The molecule has 1 saturated heterocycles. The van der Waals surface area contributed by atoms with Gasteiger partial charge in [-0.25, -0.2) is 4.79 Å². The third-order valence-electron chi connectivity index (χ3n) is 4.41. The predicted molar refractivity (Wildman–Crippen MR) is 89.8 cm³/mol. The van der Waals surface area contributed by atoms with Gasteiger partial charge in [-0.15, -0.1) is 0 Å². The van der Waals surface area contributed by atoms with Crippen molar-refractivity contribution in [2.75, 3.05) is 50.9 Å². The van der Waals surface area contributed by atoms with E-state index in [-0.39, 0.29) is 24.0 Å². The zero-order valence-corrected chi connectivity index (χ0v) is 14.0. The molecule has 0 aromatic heterocycles. The number of morpholine rings is 1. The van der Waals surface area contributed by atoms with Crippen molar-refractivity contribution in [3.63, 3.8) is 0 Å². The average molecular weight is 365 g/mol. The molecule has 0 spiro atoms. The van der Waals surface area contributed by atoms with Crippen LogP contribution in [-0.2, 0) is 9.53 Å². The van der Waals surface area contributed by atoms with E-state index in [4.69, 9.17) is 9.47 Å². The number of hydrogen-bond acceptors (Lipinski definition) is 7. The molecule has 140 valence electrons. The van der Waals surface area contributed by atoms with E-state index in [1.165, 1.54) is 4.90 Å². The van der Waals surface area contributed by atoms with E-state index in [0.29, 0.717) is 26.2 Å². The fourth-order valence-corrected chi connectivity index (χ4v) is 3.08. The fraction of sp³-hybridized carbons (Fsp3) is 0.500. The average Bonchev–Trinajstić information content (AvgIpc) is 2.63. The molecule has 1 amide bonds. The van der Waals surface area contributed by atoms with Crippen LogP contribution in [0.15, 0.2) is 12.1 Å². The Labute approximate surface area is 149 Å². The van der Waals surface area contributed by atoms with Crippen molar-refractivity contribution in [3.8, 4) is 5.75 Å². The first kappa shape index (κ1) is 18.1. The Hall–Kier alpha value is -2.72. The highest BCUT2D eigenvalue weighted by Crippen LogP contribution is 2.38. The topological polar surface area (TPSA) is 122 Å². The lowest BCUT2D eigenvalue weighted by atomic mass is 10.1. The summed E-state index contributed by atoms with van der Waals surface area (Å²) in [4.78, 5) is 37.6. The first-order chi connectivity index (χ1) is 12.5. The van der Waals surface area contributed by atoms with Crippen LogP contribution in [0.5, 0.6) is 5.75 Å². The molecule has 1 N–H and O–H groups in total. The van der Waals surface area contributed by atoms with Crippen molar-refractivity contribution in [1.29, 1.82) is 0 Å². The number of anilines is 1. The molecule has 0 aliphatic carbocycles. The Morgan fingerprint density at radius 1 is 1.27 bits per heavy atom. The van der Waals surface area contributed by atoms with E-state index in [1.54, 1.807) is 0 Å². The van der Waals surface area contributed by atoms with Crippen molar-refractivity contribution >= 4 is 23.3 Å².